The third-order valence-electron chi connectivity index (χ3n) is 4.93. The van der Waals surface area contributed by atoms with Crippen molar-refractivity contribution in [3.63, 3.8) is 0 Å². The average molecular weight is 383 g/mol. The van der Waals surface area contributed by atoms with Gasteiger partial charge >= 0.3 is 6.18 Å². The molecule has 2 aromatic rings. The van der Waals surface area contributed by atoms with E-state index >= 15 is 0 Å². The fourth-order valence-electron chi connectivity index (χ4n) is 3.26. The van der Waals surface area contributed by atoms with Crippen molar-refractivity contribution < 1.29 is 18.0 Å². The molecule has 0 radical (unpaired) electrons. The summed E-state index contributed by atoms with van der Waals surface area (Å²) < 4.78 is 42.0. The van der Waals surface area contributed by atoms with Gasteiger partial charge < -0.3 is 5.32 Å². The van der Waals surface area contributed by atoms with Crippen LogP contribution in [-0.2, 0) is 24.1 Å². The molecule has 9 heteroatoms. The van der Waals surface area contributed by atoms with Crippen molar-refractivity contribution >= 4 is 5.91 Å². The highest BCUT2D eigenvalue weighted by Gasteiger charge is 2.37. The Morgan fingerprint density at radius 1 is 1.37 bits per heavy atom. The Morgan fingerprint density at radius 3 is 2.63 bits per heavy atom. The molecule has 0 bridgehead atoms. The smallest absolute Gasteiger partial charge is 0.349 e. The first kappa shape index (κ1) is 19.4. The SMILES string of the molecule is CCn1ncc(C(C)NC(=O)CCn2nc(C(F)(F)F)cc2C2CC2)c1C. The van der Waals surface area contributed by atoms with Crippen LogP contribution in [0.5, 0.6) is 0 Å². The molecule has 0 spiro atoms. The van der Waals surface area contributed by atoms with Crippen LogP contribution in [0, 0.1) is 6.92 Å². The molecule has 1 aliphatic carbocycles. The van der Waals surface area contributed by atoms with E-state index in [-0.39, 0.29) is 30.8 Å². The maximum Gasteiger partial charge on any atom is 0.435 e. The molecule has 2 heterocycles. The van der Waals surface area contributed by atoms with E-state index in [1.165, 1.54) is 4.68 Å². The maximum atomic E-state index is 12.9. The zero-order valence-electron chi connectivity index (χ0n) is 15.7. The monoisotopic (exact) mass is 383 g/mol. The van der Waals surface area contributed by atoms with E-state index in [1.807, 2.05) is 25.5 Å². The Kier molecular flexibility index (Phi) is 5.30. The van der Waals surface area contributed by atoms with Gasteiger partial charge in [0.15, 0.2) is 5.69 Å². The minimum absolute atomic E-state index is 0.0734. The van der Waals surface area contributed by atoms with Gasteiger partial charge in [0.2, 0.25) is 5.91 Å². The number of carbonyl (C=O) groups is 1. The molecule has 1 aliphatic rings. The van der Waals surface area contributed by atoms with Crippen LogP contribution < -0.4 is 5.32 Å². The summed E-state index contributed by atoms with van der Waals surface area (Å²) in [7, 11) is 0. The van der Waals surface area contributed by atoms with Crippen molar-refractivity contribution in [1.82, 2.24) is 24.9 Å². The van der Waals surface area contributed by atoms with Gasteiger partial charge in [-0.15, -0.1) is 0 Å². The number of aromatic nitrogens is 4. The minimum atomic E-state index is -4.47. The first-order valence-corrected chi connectivity index (χ1v) is 9.17. The average Bonchev–Trinajstić information content (AvgIpc) is 3.22. The van der Waals surface area contributed by atoms with Crippen molar-refractivity contribution in [1.29, 1.82) is 0 Å². The van der Waals surface area contributed by atoms with Crippen LogP contribution >= 0.6 is 0 Å². The van der Waals surface area contributed by atoms with E-state index in [2.05, 4.69) is 15.5 Å². The fraction of sp³-hybridized carbons (Fsp3) is 0.611. The van der Waals surface area contributed by atoms with Crippen molar-refractivity contribution in [2.75, 3.05) is 0 Å². The summed E-state index contributed by atoms with van der Waals surface area (Å²) in [5.74, 6) is -0.102. The van der Waals surface area contributed by atoms with Gasteiger partial charge in [0.1, 0.15) is 0 Å². The Hall–Kier alpha value is -2.32. The lowest BCUT2D eigenvalue weighted by Crippen LogP contribution is -2.28. The molecule has 0 saturated heterocycles. The molecule has 1 fully saturated rings. The van der Waals surface area contributed by atoms with E-state index in [1.54, 1.807) is 6.20 Å². The number of halogens is 3. The zero-order valence-corrected chi connectivity index (χ0v) is 15.7. The van der Waals surface area contributed by atoms with Crippen molar-refractivity contribution in [3.8, 4) is 0 Å². The highest BCUT2D eigenvalue weighted by atomic mass is 19.4. The van der Waals surface area contributed by atoms with Gasteiger partial charge in [-0.25, -0.2) is 0 Å². The summed E-state index contributed by atoms with van der Waals surface area (Å²) in [5, 5.41) is 10.8. The predicted octanol–water partition coefficient (Wildman–Crippen LogP) is 3.57. The van der Waals surface area contributed by atoms with Gasteiger partial charge in [0.25, 0.3) is 0 Å². The Balaban J connectivity index is 1.62. The quantitative estimate of drug-likeness (QED) is 0.795. The number of aryl methyl sites for hydroxylation is 2. The molecule has 27 heavy (non-hydrogen) atoms. The summed E-state index contributed by atoms with van der Waals surface area (Å²) in [6.07, 6.45) is -0.926. The molecule has 0 aliphatic heterocycles. The van der Waals surface area contributed by atoms with Gasteiger partial charge in [-0.05, 0) is 39.7 Å². The minimum Gasteiger partial charge on any atom is -0.349 e. The standard InChI is InChI=1S/C18H24F3N5O/c1-4-25-12(3)14(10-22-25)11(2)23-17(27)7-8-26-15(13-5-6-13)9-16(24-26)18(19,20)21/h9-11,13H,4-8H2,1-3H3,(H,23,27). The second-order valence-electron chi connectivity index (χ2n) is 6.99. The molecule has 1 unspecified atom stereocenters. The van der Waals surface area contributed by atoms with Crippen molar-refractivity contribution in [3.05, 3.63) is 34.9 Å². The number of hydrogen-bond donors (Lipinski definition) is 1. The molecule has 148 valence electrons. The molecule has 3 rings (SSSR count). The number of amides is 1. The van der Waals surface area contributed by atoms with Crippen LogP contribution in [0.15, 0.2) is 12.3 Å². The van der Waals surface area contributed by atoms with Gasteiger partial charge in [-0.3, -0.25) is 14.2 Å². The predicted molar refractivity (Wildman–Crippen MR) is 93.0 cm³/mol. The number of hydrogen-bond acceptors (Lipinski definition) is 3. The van der Waals surface area contributed by atoms with Gasteiger partial charge in [0, 0.05) is 42.4 Å². The summed E-state index contributed by atoms with van der Waals surface area (Å²) in [5.41, 5.74) is 1.61. The molecule has 6 nitrogen and oxygen atoms in total. The number of nitrogens with one attached hydrogen (secondary N) is 1. The second-order valence-corrected chi connectivity index (χ2v) is 6.99. The topological polar surface area (TPSA) is 64.7 Å². The Morgan fingerprint density at radius 2 is 2.07 bits per heavy atom. The van der Waals surface area contributed by atoms with Crippen LogP contribution in [0.25, 0.3) is 0 Å². The molecule has 1 amide bonds. The molecule has 2 aromatic heterocycles. The van der Waals surface area contributed by atoms with Crippen LogP contribution in [-0.4, -0.2) is 25.5 Å². The van der Waals surface area contributed by atoms with E-state index in [0.717, 1.165) is 36.7 Å². The third kappa shape index (κ3) is 4.33. The van der Waals surface area contributed by atoms with Crippen molar-refractivity contribution in [2.45, 2.75) is 71.3 Å². The molecular formula is C18H24F3N5O. The van der Waals surface area contributed by atoms with E-state index in [4.69, 9.17) is 0 Å². The third-order valence-corrected chi connectivity index (χ3v) is 4.93. The first-order chi connectivity index (χ1) is 12.7. The number of carbonyl (C=O) groups excluding carboxylic acids is 1. The maximum absolute atomic E-state index is 12.9. The van der Waals surface area contributed by atoms with E-state index in [9.17, 15) is 18.0 Å². The zero-order chi connectivity index (χ0) is 19.8. The lowest BCUT2D eigenvalue weighted by molar-refractivity contribution is -0.141. The van der Waals surface area contributed by atoms with E-state index < -0.39 is 11.9 Å². The summed E-state index contributed by atoms with van der Waals surface area (Å²) in [6.45, 7) is 6.68. The second kappa shape index (κ2) is 7.36. The normalized spacial score (nSPS) is 15.8. The summed E-state index contributed by atoms with van der Waals surface area (Å²) in [4.78, 5) is 12.3. The van der Waals surface area contributed by atoms with Crippen LogP contribution in [0.3, 0.4) is 0 Å². The van der Waals surface area contributed by atoms with Crippen LogP contribution in [0.2, 0.25) is 0 Å². The molecule has 1 saturated carbocycles. The van der Waals surface area contributed by atoms with Gasteiger partial charge in [-0.1, -0.05) is 0 Å². The Labute approximate surface area is 155 Å². The van der Waals surface area contributed by atoms with Gasteiger partial charge in [-0.2, -0.15) is 23.4 Å². The molecule has 1 atom stereocenters. The van der Waals surface area contributed by atoms with Crippen LogP contribution in [0.1, 0.15) is 67.7 Å². The van der Waals surface area contributed by atoms with Gasteiger partial charge in [0.05, 0.1) is 12.2 Å². The highest BCUT2D eigenvalue weighted by Crippen LogP contribution is 2.42. The lowest BCUT2D eigenvalue weighted by Gasteiger charge is -2.14. The first-order valence-electron chi connectivity index (χ1n) is 9.17. The number of alkyl halides is 3. The summed E-state index contributed by atoms with van der Waals surface area (Å²) >= 11 is 0. The number of nitrogens with zero attached hydrogens (tertiary/aromatic N) is 4. The fourth-order valence-corrected chi connectivity index (χ4v) is 3.26. The Bertz CT molecular complexity index is 820. The summed E-state index contributed by atoms with van der Waals surface area (Å²) in [6, 6.07) is 0.893. The molecular weight excluding hydrogens is 359 g/mol. The highest BCUT2D eigenvalue weighted by molar-refractivity contribution is 5.76. The van der Waals surface area contributed by atoms with Crippen LogP contribution in [0.4, 0.5) is 13.2 Å². The molecule has 1 N–H and O–H groups in total. The lowest BCUT2D eigenvalue weighted by atomic mass is 10.1. The molecule has 0 aromatic carbocycles. The van der Waals surface area contributed by atoms with E-state index in [0.29, 0.717) is 5.69 Å². The largest absolute Gasteiger partial charge is 0.435 e. The number of rotatable bonds is 7. The van der Waals surface area contributed by atoms with Crippen molar-refractivity contribution in [2.24, 2.45) is 0 Å².